The Labute approximate surface area is 154 Å². The van der Waals surface area contributed by atoms with Crippen LogP contribution in [-0.4, -0.2) is 23.8 Å². The molecular weight excluding hydrogens is 356 g/mol. The van der Waals surface area contributed by atoms with E-state index in [9.17, 15) is 4.79 Å². The van der Waals surface area contributed by atoms with Crippen LogP contribution in [0.3, 0.4) is 0 Å². The van der Waals surface area contributed by atoms with Gasteiger partial charge in [0.2, 0.25) is 5.91 Å². The summed E-state index contributed by atoms with van der Waals surface area (Å²) >= 11 is 3.09. The minimum absolute atomic E-state index is 0.00862. The number of furan rings is 1. The predicted molar refractivity (Wildman–Crippen MR) is 101 cm³/mol. The number of carbonyl (C=O) groups excluding carboxylic acids is 1. The summed E-state index contributed by atoms with van der Waals surface area (Å²) in [6.07, 6.45) is 1.64. The lowest BCUT2D eigenvalue weighted by Crippen LogP contribution is -2.24. The van der Waals surface area contributed by atoms with Gasteiger partial charge >= 0.3 is 0 Å². The number of carbonyl (C=O) groups is 1. The van der Waals surface area contributed by atoms with E-state index in [-0.39, 0.29) is 5.91 Å². The van der Waals surface area contributed by atoms with Crippen LogP contribution in [0.15, 0.2) is 52.5 Å². The van der Waals surface area contributed by atoms with E-state index in [1.165, 1.54) is 0 Å². The molecule has 7 heteroatoms. The predicted octanol–water partition coefficient (Wildman–Crippen LogP) is 3.96. The number of nitrogens with one attached hydrogen (secondary N) is 1. The number of amides is 1. The van der Waals surface area contributed by atoms with Crippen molar-refractivity contribution in [1.29, 1.82) is 0 Å². The second-order valence-electron chi connectivity index (χ2n) is 5.24. The molecule has 1 N–H and O–H groups in total. The van der Waals surface area contributed by atoms with Crippen molar-refractivity contribution in [3.05, 3.63) is 59.3 Å². The van der Waals surface area contributed by atoms with Crippen LogP contribution in [0.5, 0.6) is 5.75 Å². The van der Waals surface area contributed by atoms with Crippen LogP contribution in [0.1, 0.15) is 11.3 Å². The Bertz CT molecular complexity index is 815. The molecule has 5 nitrogen and oxygen atoms in total. The standard InChI is InChI=1S/C18H18N2O3S2/c1-22-15-5-2-4-13(8-15)9-19-17(21)12-24-10-14-11-25-18(20-14)16-6-3-7-23-16/h2-8,11H,9-10,12H2,1H3,(H,19,21). The summed E-state index contributed by atoms with van der Waals surface area (Å²) in [5.41, 5.74) is 1.97. The summed E-state index contributed by atoms with van der Waals surface area (Å²) < 4.78 is 10.5. The van der Waals surface area contributed by atoms with Crippen molar-refractivity contribution in [2.24, 2.45) is 0 Å². The molecule has 0 saturated heterocycles. The fraction of sp³-hybridized carbons (Fsp3) is 0.222. The zero-order valence-corrected chi connectivity index (χ0v) is 15.4. The first kappa shape index (κ1) is 17.6. The maximum Gasteiger partial charge on any atom is 0.230 e. The van der Waals surface area contributed by atoms with Crippen molar-refractivity contribution >= 4 is 29.0 Å². The topological polar surface area (TPSA) is 64.4 Å². The van der Waals surface area contributed by atoms with Gasteiger partial charge in [0.1, 0.15) is 5.75 Å². The van der Waals surface area contributed by atoms with Crippen LogP contribution in [0.4, 0.5) is 0 Å². The van der Waals surface area contributed by atoms with Crippen LogP contribution >= 0.6 is 23.1 Å². The summed E-state index contributed by atoms with van der Waals surface area (Å²) in [5.74, 6) is 2.67. The van der Waals surface area contributed by atoms with Gasteiger partial charge in [0.15, 0.2) is 10.8 Å². The molecular formula is C18H18N2O3S2. The zero-order valence-electron chi connectivity index (χ0n) is 13.7. The van der Waals surface area contributed by atoms with Crippen molar-refractivity contribution in [2.45, 2.75) is 12.3 Å². The smallest absolute Gasteiger partial charge is 0.230 e. The Kier molecular flexibility index (Phi) is 6.14. The number of hydrogen-bond donors (Lipinski definition) is 1. The van der Waals surface area contributed by atoms with Crippen LogP contribution < -0.4 is 10.1 Å². The van der Waals surface area contributed by atoms with Gasteiger partial charge in [-0.15, -0.1) is 23.1 Å². The van der Waals surface area contributed by atoms with Gasteiger partial charge in [-0.05, 0) is 29.8 Å². The zero-order chi connectivity index (χ0) is 17.5. The maximum atomic E-state index is 12.0. The van der Waals surface area contributed by atoms with Crippen LogP contribution in [-0.2, 0) is 17.1 Å². The SMILES string of the molecule is COc1cccc(CNC(=O)CSCc2csc(-c3ccco3)n2)c1. The highest BCUT2D eigenvalue weighted by molar-refractivity contribution is 7.99. The highest BCUT2D eigenvalue weighted by atomic mass is 32.2. The first-order chi connectivity index (χ1) is 12.2. The van der Waals surface area contributed by atoms with Crippen LogP contribution in [0.2, 0.25) is 0 Å². The fourth-order valence-corrected chi connectivity index (χ4v) is 3.81. The van der Waals surface area contributed by atoms with E-state index in [0.717, 1.165) is 27.8 Å². The molecule has 2 heterocycles. The van der Waals surface area contributed by atoms with E-state index >= 15 is 0 Å². The lowest BCUT2D eigenvalue weighted by atomic mass is 10.2. The van der Waals surface area contributed by atoms with E-state index in [4.69, 9.17) is 9.15 Å². The number of thioether (sulfide) groups is 1. The number of ether oxygens (including phenoxy) is 1. The number of rotatable bonds is 8. The Morgan fingerprint density at radius 2 is 2.28 bits per heavy atom. The largest absolute Gasteiger partial charge is 0.497 e. The Morgan fingerprint density at radius 1 is 1.36 bits per heavy atom. The molecule has 130 valence electrons. The third-order valence-electron chi connectivity index (χ3n) is 3.39. The van der Waals surface area contributed by atoms with Crippen LogP contribution in [0.25, 0.3) is 10.8 Å². The van der Waals surface area contributed by atoms with Gasteiger partial charge in [-0.2, -0.15) is 0 Å². The van der Waals surface area contributed by atoms with Crippen LogP contribution in [0, 0.1) is 0 Å². The van der Waals surface area contributed by atoms with Gasteiger partial charge in [0.05, 0.1) is 24.8 Å². The van der Waals surface area contributed by atoms with Gasteiger partial charge in [-0.1, -0.05) is 12.1 Å². The molecule has 0 spiro atoms. The molecule has 1 aromatic carbocycles. The first-order valence-corrected chi connectivity index (χ1v) is 9.73. The van der Waals surface area contributed by atoms with Crippen molar-refractivity contribution in [1.82, 2.24) is 10.3 Å². The molecule has 0 radical (unpaired) electrons. The Hall–Kier alpha value is -2.25. The number of benzene rings is 1. The van der Waals surface area contributed by atoms with Crippen molar-refractivity contribution in [3.8, 4) is 16.5 Å². The quantitative estimate of drug-likeness (QED) is 0.646. The van der Waals surface area contributed by atoms with E-state index in [1.54, 1.807) is 36.5 Å². The Balaban J connectivity index is 1.40. The van der Waals surface area contributed by atoms with E-state index in [2.05, 4.69) is 10.3 Å². The third kappa shape index (κ3) is 5.11. The summed E-state index contributed by atoms with van der Waals surface area (Å²) in [7, 11) is 1.63. The average Bonchev–Trinajstić information content (AvgIpc) is 3.31. The highest BCUT2D eigenvalue weighted by Crippen LogP contribution is 2.25. The second-order valence-corrected chi connectivity index (χ2v) is 7.09. The molecule has 1 amide bonds. The summed E-state index contributed by atoms with van der Waals surface area (Å²) in [5, 5.41) is 5.78. The minimum Gasteiger partial charge on any atom is -0.497 e. The van der Waals surface area contributed by atoms with E-state index in [0.29, 0.717) is 18.1 Å². The molecule has 0 saturated carbocycles. The summed E-state index contributed by atoms with van der Waals surface area (Å²) in [6.45, 7) is 0.496. The van der Waals surface area contributed by atoms with E-state index < -0.39 is 0 Å². The lowest BCUT2D eigenvalue weighted by Gasteiger charge is -2.06. The molecule has 0 aliphatic rings. The molecule has 0 aliphatic heterocycles. The molecule has 0 atom stereocenters. The van der Waals surface area contributed by atoms with Gasteiger partial charge in [0, 0.05) is 17.7 Å². The van der Waals surface area contributed by atoms with Gasteiger partial charge in [-0.3, -0.25) is 4.79 Å². The first-order valence-electron chi connectivity index (χ1n) is 7.70. The Morgan fingerprint density at radius 3 is 3.08 bits per heavy atom. The van der Waals surface area contributed by atoms with Gasteiger partial charge < -0.3 is 14.5 Å². The van der Waals surface area contributed by atoms with Crippen molar-refractivity contribution < 1.29 is 13.9 Å². The monoisotopic (exact) mass is 374 g/mol. The average molecular weight is 374 g/mol. The second kappa shape index (κ2) is 8.73. The highest BCUT2D eigenvalue weighted by Gasteiger charge is 2.08. The number of hydrogen-bond acceptors (Lipinski definition) is 6. The molecule has 2 aromatic heterocycles. The summed E-state index contributed by atoms with van der Waals surface area (Å²) in [6, 6.07) is 11.4. The third-order valence-corrected chi connectivity index (χ3v) is 5.26. The molecule has 0 aliphatic carbocycles. The minimum atomic E-state index is 0.00862. The number of aromatic nitrogens is 1. The molecule has 3 aromatic rings. The molecule has 0 fully saturated rings. The number of nitrogens with zero attached hydrogens (tertiary/aromatic N) is 1. The summed E-state index contributed by atoms with van der Waals surface area (Å²) in [4.78, 5) is 16.5. The molecule has 0 unspecified atom stereocenters. The van der Waals surface area contributed by atoms with Crippen molar-refractivity contribution in [2.75, 3.05) is 12.9 Å². The normalized spacial score (nSPS) is 10.6. The molecule has 3 rings (SSSR count). The number of thiazole rings is 1. The van der Waals surface area contributed by atoms with Gasteiger partial charge in [0.25, 0.3) is 0 Å². The molecule has 25 heavy (non-hydrogen) atoms. The van der Waals surface area contributed by atoms with Gasteiger partial charge in [-0.25, -0.2) is 4.98 Å². The van der Waals surface area contributed by atoms with Crippen molar-refractivity contribution in [3.63, 3.8) is 0 Å². The maximum absolute atomic E-state index is 12.0. The fourth-order valence-electron chi connectivity index (χ4n) is 2.17. The lowest BCUT2D eigenvalue weighted by molar-refractivity contribution is -0.118. The molecule has 0 bridgehead atoms. The van der Waals surface area contributed by atoms with E-state index in [1.807, 2.05) is 41.8 Å². The number of methoxy groups -OCH3 is 1.